The number of carbonyl (C=O) groups is 1. The third-order valence-corrected chi connectivity index (χ3v) is 6.01. The standard InChI is InChI=1S/C27H24N4O3S/c1-18-10-15-23(34-18)26-25(22-9-5-6-16-28-22)30-27(35)31(26)20-13-11-19(12-14-20)29-24(32)17-33-21-7-3-2-4-8-21/h2-16,25-26H,17H2,1H3,(H,29,32)(H,30,35)/t25-,26-/m0/s1. The average molecular weight is 485 g/mol. The molecule has 0 spiro atoms. The van der Waals surface area contributed by atoms with Crippen molar-refractivity contribution in [2.24, 2.45) is 0 Å². The zero-order chi connectivity index (χ0) is 24.2. The van der Waals surface area contributed by atoms with Gasteiger partial charge in [0.25, 0.3) is 5.91 Å². The Morgan fingerprint density at radius 2 is 1.83 bits per heavy atom. The Bertz CT molecular complexity index is 1310. The molecule has 1 aliphatic rings. The van der Waals surface area contributed by atoms with E-state index < -0.39 is 0 Å². The van der Waals surface area contributed by atoms with E-state index in [0.717, 1.165) is 22.9 Å². The first kappa shape index (κ1) is 22.6. The molecule has 8 heteroatoms. The molecule has 5 rings (SSSR count). The normalized spacial score (nSPS) is 17.2. The minimum atomic E-state index is -0.237. The SMILES string of the molecule is Cc1ccc([C@H]2[C@H](c3ccccn3)NC(=S)N2c2ccc(NC(=O)COc3ccccc3)cc2)o1. The molecule has 1 saturated heterocycles. The van der Waals surface area contributed by atoms with Gasteiger partial charge < -0.3 is 24.7 Å². The fraction of sp³-hybridized carbons (Fsp3) is 0.148. The third-order valence-electron chi connectivity index (χ3n) is 5.69. The van der Waals surface area contributed by atoms with Gasteiger partial charge in [-0.15, -0.1) is 0 Å². The number of hydrogen-bond acceptors (Lipinski definition) is 5. The van der Waals surface area contributed by atoms with Crippen LogP contribution in [0.15, 0.2) is 95.5 Å². The van der Waals surface area contributed by atoms with E-state index in [1.165, 1.54) is 0 Å². The van der Waals surface area contributed by atoms with Crippen LogP contribution in [0.3, 0.4) is 0 Å². The highest BCUT2D eigenvalue weighted by atomic mass is 32.1. The summed E-state index contributed by atoms with van der Waals surface area (Å²) in [5.74, 6) is 2.03. The number of nitrogens with one attached hydrogen (secondary N) is 2. The second-order valence-corrected chi connectivity index (χ2v) is 8.53. The van der Waals surface area contributed by atoms with Crippen LogP contribution in [0.1, 0.15) is 29.3 Å². The van der Waals surface area contributed by atoms with Crippen molar-refractivity contribution < 1.29 is 13.9 Å². The van der Waals surface area contributed by atoms with Crippen molar-refractivity contribution in [1.82, 2.24) is 10.3 Å². The maximum atomic E-state index is 12.3. The summed E-state index contributed by atoms with van der Waals surface area (Å²) in [6.07, 6.45) is 1.77. The Morgan fingerprint density at radius 1 is 1.06 bits per heavy atom. The van der Waals surface area contributed by atoms with E-state index in [4.69, 9.17) is 21.4 Å². The molecule has 1 fully saturated rings. The first-order chi connectivity index (χ1) is 17.1. The molecule has 2 aromatic heterocycles. The Kier molecular flexibility index (Phi) is 6.45. The lowest BCUT2D eigenvalue weighted by Crippen LogP contribution is -2.29. The number of para-hydroxylation sites is 1. The van der Waals surface area contributed by atoms with Crippen LogP contribution in [0.5, 0.6) is 5.75 Å². The molecule has 2 aromatic carbocycles. The lowest BCUT2D eigenvalue weighted by molar-refractivity contribution is -0.118. The molecule has 2 atom stereocenters. The molecule has 1 amide bonds. The van der Waals surface area contributed by atoms with Crippen LogP contribution < -0.4 is 20.3 Å². The van der Waals surface area contributed by atoms with Crippen LogP contribution >= 0.6 is 12.2 Å². The summed E-state index contributed by atoms with van der Waals surface area (Å²) in [6.45, 7) is 1.85. The van der Waals surface area contributed by atoms with E-state index in [2.05, 4.69) is 15.6 Å². The van der Waals surface area contributed by atoms with Crippen LogP contribution in [0.2, 0.25) is 0 Å². The molecular weight excluding hydrogens is 460 g/mol. The number of amides is 1. The largest absolute Gasteiger partial charge is 0.484 e. The first-order valence-corrected chi connectivity index (χ1v) is 11.6. The molecule has 0 saturated carbocycles. The number of thiocarbonyl (C=S) groups is 1. The molecule has 0 radical (unpaired) electrons. The average Bonchev–Trinajstić information content (AvgIpc) is 3.47. The predicted molar refractivity (Wildman–Crippen MR) is 138 cm³/mol. The number of benzene rings is 2. The predicted octanol–water partition coefficient (Wildman–Crippen LogP) is 5.18. The van der Waals surface area contributed by atoms with Gasteiger partial charge in [-0.25, -0.2) is 0 Å². The van der Waals surface area contributed by atoms with E-state index in [-0.39, 0.29) is 24.6 Å². The molecule has 2 N–H and O–H groups in total. The fourth-order valence-corrected chi connectivity index (χ4v) is 4.45. The van der Waals surface area contributed by atoms with E-state index in [0.29, 0.717) is 16.5 Å². The van der Waals surface area contributed by atoms with Gasteiger partial charge in [0.1, 0.15) is 23.3 Å². The minimum absolute atomic E-state index is 0.0719. The number of aryl methyl sites for hydroxylation is 1. The zero-order valence-electron chi connectivity index (χ0n) is 19.0. The van der Waals surface area contributed by atoms with Gasteiger partial charge in [-0.3, -0.25) is 9.78 Å². The smallest absolute Gasteiger partial charge is 0.262 e. The molecule has 4 aromatic rings. The maximum Gasteiger partial charge on any atom is 0.262 e. The van der Waals surface area contributed by atoms with Gasteiger partial charge >= 0.3 is 0 Å². The summed E-state index contributed by atoms with van der Waals surface area (Å²) in [6, 6.07) is 26.1. The van der Waals surface area contributed by atoms with E-state index >= 15 is 0 Å². The number of hydrogen-bond donors (Lipinski definition) is 2. The van der Waals surface area contributed by atoms with Crippen LogP contribution in [0.25, 0.3) is 0 Å². The highest BCUT2D eigenvalue weighted by Gasteiger charge is 2.42. The molecule has 0 bridgehead atoms. The zero-order valence-corrected chi connectivity index (χ0v) is 19.9. The van der Waals surface area contributed by atoms with Crippen molar-refractivity contribution >= 4 is 34.6 Å². The summed E-state index contributed by atoms with van der Waals surface area (Å²) in [4.78, 5) is 18.9. The molecule has 1 aliphatic heterocycles. The Labute approximate surface area is 208 Å². The molecule has 35 heavy (non-hydrogen) atoms. The first-order valence-electron chi connectivity index (χ1n) is 11.2. The van der Waals surface area contributed by atoms with Gasteiger partial charge in [0, 0.05) is 17.6 Å². The van der Waals surface area contributed by atoms with Gasteiger partial charge in [-0.1, -0.05) is 24.3 Å². The van der Waals surface area contributed by atoms with Crippen LogP contribution in [-0.2, 0) is 4.79 Å². The number of rotatable bonds is 7. The second kappa shape index (κ2) is 9.99. The summed E-state index contributed by atoms with van der Waals surface area (Å²) < 4.78 is 11.5. The lowest BCUT2D eigenvalue weighted by atomic mass is 10.0. The van der Waals surface area contributed by atoms with Crippen molar-refractivity contribution in [2.45, 2.75) is 19.0 Å². The lowest BCUT2D eigenvalue weighted by Gasteiger charge is -2.26. The van der Waals surface area contributed by atoms with Gasteiger partial charge in [-0.05, 0) is 79.8 Å². The van der Waals surface area contributed by atoms with Gasteiger partial charge in [-0.2, -0.15) is 0 Å². The summed E-state index contributed by atoms with van der Waals surface area (Å²) in [5, 5.41) is 6.84. The van der Waals surface area contributed by atoms with Crippen molar-refractivity contribution in [1.29, 1.82) is 0 Å². The monoisotopic (exact) mass is 484 g/mol. The highest BCUT2D eigenvalue weighted by molar-refractivity contribution is 7.80. The molecule has 3 heterocycles. The molecule has 7 nitrogen and oxygen atoms in total. The Hall–Kier alpha value is -4.17. The van der Waals surface area contributed by atoms with Crippen molar-refractivity contribution in [3.63, 3.8) is 0 Å². The molecular formula is C27H24N4O3S. The minimum Gasteiger partial charge on any atom is -0.484 e. The van der Waals surface area contributed by atoms with Crippen LogP contribution in [-0.4, -0.2) is 22.6 Å². The van der Waals surface area contributed by atoms with E-state index in [9.17, 15) is 4.79 Å². The van der Waals surface area contributed by atoms with Crippen LogP contribution in [0.4, 0.5) is 11.4 Å². The maximum absolute atomic E-state index is 12.3. The number of anilines is 2. The van der Waals surface area contributed by atoms with Gasteiger partial charge in [0.15, 0.2) is 11.7 Å². The molecule has 176 valence electrons. The fourth-order valence-electron chi connectivity index (χ4n) is 4.10. The topological polar surface area (TPSA) is 79.6 Å². The van der Waals surface area contributed by atoms with Gasteiger partial charge in [0.2, 0.25) is 0 Å². The van der Waals surface area contributed by atoms with Gasteiger partial charge in [0.05, 0.1) is 11.7 Å². The molecule has 0 aliphatic carbocycles. The van der Waals surface area contributed by atoms with Crippen LogP contribution in [0, 0.1) is 6.92 Å². The van der Waals surface area contributed by atoms with Crippen molar-refractivity contribution in [2.75, 3.05) is 16.8 Å². The third kappa shape index (κ3) is 5.02. The summed E-state index contributed by atoms with van der Waals surface area (Å²) in [5.41, 5.74) is 2.41. The number of pyridine rings is 1. The van der Waals surface area contributed by atoms with Crippen molar-refractivity contribution in [3.05, 3.63) is 108 Å². The summed E-state index contributed by atoms with van der Waals surface area (Å²) in [7, 11) is 0. The quantitative estimate of drug-likeness (QED) is 0.350. The number of ether oxygens (including phenoxy) is 1. The highest BCUT2D eigenvalue weighted by Crippen LogP contribution is 2.42. The Morgan fingerprint density at radius 3 is 2.51 bits per heavy atom. The summed E-state index contributed by atoms with van der Waals surface area (Å²) >= 11 is 5.73. The number of furan rings is 1. The van der Waals surface area contributed by atoms with Crippen molar-refractivity contribution in [3.8, 4) is 5.75 Å². The molecule has 0 unspecified atom stereocenters. The van der Waals surface area contributed by atoms with E-state index in [1.54, 1.807) is 6.20 Å². The number of aromatic nitrogens is 1. The Balaban J connectivity index is 1.34. The number of carbonyl (C=O) groups excluding carboxylic acids is 1. The second-order valence-electron chi connectivity index (χ2n) is 8.14. The van der Waals surface area contributed by atoms with E-state index in [1.807, 2.05) is 96.8 Å². The number of nitrogens with zero attached hydrogens (tertiary/aromatic N) is 2.